The van der Waals surface area contributed by atoms with E-state index < -0.39 is 42.5 Å². The monoisotopic (exact) mass is 452 g/mol. The molecule has 33 heavy (non-hydrogen) atoms. The van der Waals surface area contributed by atoms with Crippen molar-refractivity contribution >= 4 is 28.7 Å². The number of nitrogens with one attached hydrogen (secondary N) is 3. The summed E-state index contributed by atoms with van der Waals surface area (Å²) in [7, 11) is 1.16. The van der Waals surface area contributed by atoms with E-state index in [1.807, 2.05) is 54.6 Å². The molecule has 0 saturated carbocycles. The number of para-hydroxylation sites is 1. The molecule has 2 aromatic carbocycles. The molecule has 0 aliphatic rings. The van der Waals surface area contributed by atoms with Gasteiger partial charge in [0.05, 0.1) is 19.8 Å². The Morgan fingerprint density at radius 3 is 2.33 bits per heavy atom. The van der Waals surface area contributed by atoms with Gasteiger partial charge in [0.2, 0.25) is 11.8 Å². The number of hydrogen-bond acceptors (Lipinski definition) is 6. The number of ether oxygens (including phenoxy) is 1. The number of aliphatic hydroxyl groups is 1. The number of aromatic amines is 1. The molecule has 9 nitrogen and oxygen atoms in total. The standard InChI is InChI=1S/C24H28N4O5/c1-33-24(32)21(14-29)28-23(31)20(12-16-13-26-19-10-6-5-9-17(16)19)27-22(30)18(25)11-15-7-3-2-4-8-15/h2-10,13,18,20-21,26,29H,11-12,14,25H2,1H3,(H,27,30)(H,28,31)/t18-,20+,21+/m1/s1. The van der Waals surface area contributed by atoms with Crippen LogP contribution in [-0.4, -0.2) is 59.7 Å². The molecule has 3 atom stereocenters. The predicted octanol–water partition coefficient (Wildman–Crippen LogP) is 0.415. The van der Waals surface area contributed by atoms with Crippen LogP contribution >= 0.6 is 0 Å². The molecule has 3 aromatic rings. The molecule has 174 valence electrons. The van der Waals surface area contributed by atoms with Gasteiger partial charge in [0.15, 0.2) is 6.04 Å². The molecule has 2 amide bonds. The molecule has 0 radical (unpaired) electrons. The van der Waals surface area contributed by atoms with Gasteiger partial charge in [-0.1, -0.05) is 48.5 Å². The third-order valence-corrected chi connectivity index (χ3v) is 5.35. The fourth-order valence-electron chi connectivity index (χ4n) is 3.56. The summed E-state index contributed by atoms with van der Waals surface area (Å²) in [5, 5.41) is 15.5. The Balaban J connectivity index is 1.78. The van der Waals surface area contributed by atoms with Crippen molar-refractivity contribution in [1.82, 2.24) is 15.6 Å². The van der Waals surface area contributed by atoms with Crippen molar-refractivity contribution in [2.45, 2.75) is 31.0 Å². The molecule has 0 fully saturated rings. The fourth-order valence-corrected chi connectivity index (χ4v) is 3.56. The molecule has 6 N–H and O–H groups in total. The molecule has 0 aliphatic heterocycles. The Bertz CT molecular complexity index is 1100. The van der Waals surface area contributed by atoms with Gasteiger partial charge in [-0.25, -0.2) is 4.79 Å². The lowest BCUT2D eigenvalue weighted by molar-refractivity contribution is -0.146. The molecule has 1 aromatic heterocycles. The number of H-pyrrole nitrogens is 1. The second-order valence-electron chi connectivity index (χ2n) is 7.69. The van der Waals surface area contributed by atoms with Gasteiger partial charge in [0.1, 0.15) is 6.04 Å². The van der Waals surface area contributed by atoms with Gasteiger partial charge < -0.3 is 31.2 Å². The molecule has 1 heterocycles. The molecule has 3 rings (SSSR count). The van der Waals surface area contributed by atoms with E-state index in [0.29, 0.717) is 6.42 Å². The second kappa shape index (κ2) is 11.3. The van der Waals surface area contributed by atoms with Gasteiger partial charge in [-0.05, 0) is 23.6 Å². The van der Waals surface area contributed by atoms with Crippen LogP contribution in [0.3, 0.4) is 0 Å². The quantitative estimate of drug-likeness (QED) is 0.282. The van der Waals surface area contributed by atoms with Crippen LogP contribution in [0, 0.1) is 0 Å². The lowest BCUT2D eigenvalue weighted by Gasteiger charge is -2.23. The number of methoxy groups -OCH3 is 1. The number of benzene rings is 2. The number of nitrogens with two attached hydrogens (primary N) is 1. The zero-order valence-electron chi connectivity index (χ0n) is 18.3. The average molecular weight is 453 g/mol. The van der Waals surface area contributed by atoms with E-state index in [1.165, 1.54) is 0 Å². The molecular formula is C24H28N4O5. The minimum absolute atomic E-state index is 0.152. The maximum absolute atomic E-state index is 13.0. The highest BCUT2D eigenvalue weighted by Crippen LogP contribution is 2.19. The lowest BCUT2D eigenvalue weighted by Crippen LogP contribution is -2.56. The van der Waals surface area contributed by atoms with E-state index in [4.69, 9.17) is 5.73 Å². The third-order valence-electron chi connectivity index (χ3n) is 5.35. The number of fused-ring (bicyclic) bond motifs is 1. The molecular weight excluding hydrogens is 424 g/mol. The highest BCUT2D eigenvalue weighted by molar-refractivity contribution is 5.93. The first kappa shape index (κ1) is 24.0. The van der Waals surface area contributed by atoms with E-state index >= 15 is 0 Å². The zero-order valence-corrected chi connectivity index (χ0v) is 18.3. The van der Waals surface area contributed by atoms with Crippen LogP contribution in [-0.2, 0) is 32.0 Å². The van der Waals surface area contributed by atoms with Gasteiger partial charge in [-0.15, -0.1) is 0 Å². The first-order chi connectivity index (χ1) is 15.9. The summed E-state index contributed by atoms with van der Waals surface area (Å²) in [6, 6.07) is 13.7. The summed E-state index contributed by atoms with van der Waals surface area (Å²) < 4.78 is 4.61. The van der Waals surface area contributed by atoms with Crippen molar-refractivity contribution in [3.63, 3.8) is 0 Å². The first-order valence-corrected chi connectivity index (χ1v) is 10.6. The largest absolute Gasteiger partial charge is 0.467 e. The van der Waals surface area contributed by atoms with Gasteiger partial charge in [-0.2, -0.15) is 0 Å². The summed E-state index contributed by atoms with van der Waals surface area (Å²) in [5.41, 5.74) is 8.68. The summed E-state index contributed by atoms with van der Waals surface area (Å²) in [6.07, 6.45) is 2.22. The van der Waals surface area contributed by atoms with Crippen molar-refractivity contribution in [3.8, 4) is 0 Å². The minimum Gasteiger partial charge on any atom is -0.467 e. The summed E-state index contributed by atoms with van der Waals surface area (Å²) in [5.74, 6) is -1.92. The highest BCUT2D eigenvalue weighted by Gasteiger charge is 2.29. The summed E-state index contributed by atoms with van der Waals surface area (Å²) in [4.78, 5) is 40.8. The van der Waals surface area contributed by atoms with Gasteiger partial charge >= 0.3 is 5.97 Å². The van der Waals surface area contributed by atoms with Gasteiger partial charge in [0, 0.05) is 23.5 Å². The number of esters is 1. The number of hydrogen-bond donors (Lipinski definition) is 5. The smallest absolute Gasteiger partial charge is 0.330 e. The molecule has 0 aliphatic carbocycles. The van der Waals surface area contributed by atoms with Crippen molar-refractivity contribution in [1.29, 1.82) is 0 Å². The van der Waals surface area contributed by atoms with E-state index in [1.54, 1.807) is 6.20 Å². The number of aliphatic hydroxyl groups excluding tert-OH is 1. The minimum atomic E-state index is -1.25. The van der Waals surface area contributed by atoms with Crippen molar-refractivity contribution in [2.24, 2.45) is 5.73 Å². The number of amides is 2. The van der Waals surface area contributed by atoms with E-state index in [0.717, 1.165) is 29.1 Å². The van der Waals surface area contributed by atoms with Crippen LogP contribution in [0.15, 0.2) is 60.8 Å². The number of rotatable bonds is 10. The molecule has 0 saturated heterocycles. The zero-order chi connectivity index (χ0) is 23.8. The average Bonchev–Trinajstić information content (AvgIpc) is 3.24. The molecule has 0 unspecified atom stereocenters. The SMILES string of the molecule is COC(=O)[C@H](CO)NC(=O)[C@H](Cc1c[nH]c2ccccc12)NC(=O)[C@H](N)Cc1ccccc1. The van der Waals surface area contributed by atoms with Crippen LogP contribution in [0.25, 0.3) is 10.9 Å². The Morgan fingerprint density at radius 2 is 1.64 bits per heavy atom. The van der Waals surface area contributed by atoms with Gasteiger partial charge in [0.25, 0.3) is 0 Å². The van der Waals surface area contributed by atoms with Crippen LogP contribution in [0.2, 0.25) is 0 Å². The predicted molar refractivity (Wildman–Crippen MR) is 123 cm³/mol. The van der Waals surface area contributed by atoms with E-state index in [-0.39, 0.29) is 6.42 Å². The Hall–Kier alpha value is -3.69. The third kappa shape index (κ3) is 6.18. The summed E-state index contributed by atoms with van der Waals surface area (Å²) >= 11 is 0. The van der Waals surface area contributed by atoms with E-state index in [2.05, 4.69) is 20.4 Å². The van der Waals surface area contributed by atoms with Crippen LogP contribution < -0.4 is 16.4 Å². The van der Waals surface area contributed by atoms with Gasteiger partial charge in [-0.3, -0.25) is 9.59 Å². The summed E-state index contributed by atoms with van der Waals surface area (Å²) in [6.45, 7) is -0.639. The number of carbonyl (C=O) groups is 3. The second-order valence-corrected chi connectivity index (χ2v) is 7.69. The Morgan fingerprint density at radius 1 is 0.970 bits per heavy atom. The number of carbonyl (C=O) groups excluding carboxylic acids is 3. The maximum Gasteiger partial charge on any atom is 0.330 e. The van der Waals surface area contributed by atoms with Crippen molar-refractivity contribution < 1.29 is 24.2 Å². The molecule has 0 bridgehead atoms. The molecule has 0 spiro atoms. The van der Waals surface area contributed by atoms with Crippen molar-refractivity contribution in [2.75, 3.05) is 13.7 Å². The fraction of sp³-hybridized carbons (Fsp3) is 0.292. The maximum atomic E-state index is 13.0. The molecule has 9 heteroatoms. The van der Waals surface area contributed by atoms with E-state index in [9.17, 15) is 19.5 Å². The number of aromatic nitrogens is 1. The lowest BCUT2D eigenvalue weighted by atomic mass is 10.0. The van der Waals surface area contributed by atoms with Crippen molar-refractivity contribution in [3.05, 3.63) is 71.9 Å². The van der Waals surface area contributed by atoms with Crippen LogP contribution in [0.1, 0.15) is 11.1 Å². The highest BCUT2D eigenvalue weighted by atomic mass is 16.5. The topological polar surface area (TPSA) is 147 Å². The Labute approximate surface area is 191 Å². The van der Waals surface area contributed by atoms with Crippen LogP contribution in [0.5, 0.6) is 0 Å². The Kier molecular flexibility index (Phi) is 8.17. The first-order valence-electron chi connectivity index (χ1n) is 10.6. The normalized spacial score (nSPS) is 13.7. The van der Waals surface area contributed by atoms with Crippen LogP contribution in [0.4, 0.5) is 0 Å².